The lowest BCUT2D eigenvalue weighted by molar-refractivity contribution is -0.139. The lowest BCUT2D eigenvalue weighted by Crippen LogP contribution is -2.30. The molecule has 0 radical (unpaired) electrons. The van der Waals surface area contributed by atoms with Gasteiger partial charge in [-0.15, -0.1) is 5.10 Å². The molecule has 39 heavy (non-hydrogen) atoms. The number of unbranched alkanes of at least 4 members (excludes halogenated alkanes) is 1. The second-order valence-corrected chi connectivity index (χ2v) is 11.0. The van der Waals surface area contributed by atoms with Gasteiger partial charge in [-0.25, -0.2) is 9.48 Å². The van der Waals surface area contributed by atoms with Crippen molar-refractivity contribution in [3.05, 3.63) is 69.3 Å². The number of aromatic nitrogens is 3. The molecule has 1 N–H and O–H groups in total. The zero-order valence-electron chi connectivity index (χ0n) is 22.8. The van der Waals surface area contributed by atoms with Crippen LogP contribution in [0.5, 0.6) is 11.5 Å². The zero-order valence-corrected chi connectivity index (χ0v) is 25.2. The third kappa shape index (κ3) is 6.97. The quantitative estimate of drug-likeness (QED) is 0.123. The van der Waals surface area contributed by atoms with E-state index in [0.717, 1.165) is 40.6 Å². The molecule has 1 atom stereocenters. The van der Waals surface area contributed by atoms with Crippen LogP contribution in [-0.4, -0.2) is 39.7 Å². The van der Waals surface area contributed by atoms with Gasteiger partial charge in [0.15, 0.2) is 11.5 Å². The van der Waals surface area contributed by atoms with Gasteiger partial charge in [-0.2, -0.15) is 4.98 Å². The molecule has 1 aromatic heterocycles. The molecule has 0 saturated carbocycles. The molecule has 1 aliphatic rings. The fourth-order valence-electron chi connectivity index (χ4n) is 4.22. The van der Waals surface area contributed by atoms with Crippen LogP contribution in [0.4, 0.5) is 5.95 Å². The molecule has 3 aromatic rings. The Morgan fingerprint density at radius 1 is 1.13 bits per heavy atom. The molecular formula is C29H35BrN4O4S. The molecule has 0 saturated heterocycles. The molecule has 8 nitrogen and oxygen atoms in total. The van der Waals surface area contributed by atoms with Crippen LogP contribution in [0, 0.1) is 0 Å². The summed E-state index contributed by atoms with van der Waals surface area (Å²) >= 11 is 5.30. The van der Waals surface area contributed by atoms with E-state index in [1.807, 2.05) is 56.3 Å². The van der Waals surface area contributed by atoms with E-state index >= 15 is 0 Å². The molecule has 2 aromatic carbocycles. The second kappa shape index (κ2) is 13.9. The number of halogens is 1. The predicted molar refractivity (Wildman–Crippen MR) is 157 cm³/mol. The summed E-state index contributed by atoms with van der Waals surface area (Å²) in [7, 11) is 0. The average Bonchev–Trinajstić information content (AvgIpc) is 3.33. The van der Waals surface area contributed by atoms with E-state index < -0.39 is 6.04 Å². The highest BCUT2D eigenvalue weighted by atomic mass is 79.9. The summed E-state index contributed by atoms with van der Waals surface area (Å²) in [5.41, 5.74) is 3.03. The van der Waals surface area contributed by atoms with Crippen LogP contribution in [0.15, 0.2) is 63.4 Å². The van der Waals surface area contributed by atoms with Crippen molar-refractivity contribution in [3.63, 3.8) is 0 Å². The number of carbonyl (C=O) groups is 1. The highest BCUT2D eigenvalue weighted by Gasteiger charge is 2.36. The monoisotopic (exact) mass is 614 g/mol. The number of hydrogen-bond acceptors (Lipinski definition) is 8. The number of nitrogens with zero attached hydrogens (tertiary/aromatic N) is 3. The largest absolute Gasteiger partial charge is 0.490 e. The highest BCUT2D eigenvalue weighted by molar-refractivity contribution is 9.10. The van der Waals surface area contributed by atoms with Gasteiger partial charge in [-0.3, -0.25) is 0 Å². The van der Waals surface area contributed by atoms with E-state index in [2.05, 4.69) is 35.1 Å². The van der Waals surface area contributed by atoms with E-state index in [0.29, 0.717) is 53.7 Å². The molecule has 0 aliphatic carbocycles. The maximum absolute atomic E-state index is 13.4. The van der Waals surface area contributed by atoms with Gasteiger partial charge in [0.05, 0.1) is 23.3 Å². The molecule has 0 spiro atoms. The Balaban J connectivity index is 1.76. The van der Waals surface area contributed by atoms with Crippen molar-refractivity contribution in [1.82, 2.24) is 14.8 Å². The third-order valence-corrected chi connectivity index (χ3v) is 7.73. The fourth-order valence-corrected chi connectivity index (χ4v) is 5.48. The van der Waals surface area contributed by atoms with Gasteiger partial charge in [0, 0.05) is 11.4 Å². The standard InChI is InChI=1S/C29H35BrN4O4S/c1-5-8-14-37-27(35)24-19(4)31-28-32-29(39-15-6-2)33-34(28)25(24)21-16-22(30)26(23(17-21)36-7-3)38-18-20-12-10-9-11-13-20/h9-13,16-17,25H,5-8,14-15,18H2,1-4H3,(H,31,32,33). The molecule has 0 fully saturated rings. The van der Waals surface area contributed by atoms with Gasteiger partial charge in [-0.05, 0) is 65.9 Å². The smallest absolute Gasteiger partial charge is 0.338 e. The number of allylic oxidation sites excluding steroid dienone is 1. The van der Waals surface area contributed by atoms with Crippen molar-refractivity contribution in [2.24, 2.45) is 0 Å². The van der Waals surface area contributed by atoms with Gasteiger partial charge in [-0.1, -0.05) is 62.4 Å². The minimum atomic E-state index is -0.558. The Morgan fingerprint density at radius 3 is 2.64 bits per heavy atom. The fraction of sp³-hybridized carbons (Fsp3) is 0.414. The van der Waals surface area contributed by atoms with Crippen molar-refractivity contribution in [3.8, 4) is 11.5 Å². The summed E-state index contributed by atoms with van der Waals surface area (Å²) in [6.07, 6.45) is 2.75. The first-order valence-corrected chi connectivity index (χ1v) is 15.1. The number of hydrogen-bond donors (Lipinski definition) is 1. The summed E-state index contributed by atoms with van der Waals surface area (Å²) in [6, 6.07) is 13.3. The highest BCUT2D eigenvalue weighted by Crippen LogP contribution is 2.43. The molecule has 208 valence electrons. The van der Waals surface area contributed by atoms with Crippen LogP contribution in [0.25, 0.3) is 0 Å². The van der Waals surface area contributed by atoms with Crippen LogP contribution < -0.4 is 14.8 Å². The molecular weight excluding hydrogens is 580 g/mol. The summed E-state index contributed by atoms with van der Waals surface area (Å²) in [5, 5.41) is 8.72. The maximum Gasteiger partial charge on any atom is 0.338 e. The second-order valence-electron chi connectivity index (χ2n) is 9.10. The van der Waals surface area contributed by atoms with Gasteiger partial charge < -0.3 is 19.5 Å². The van der Waals surface area contributed by atoms with E-state index in [1.165, 1.54) is 0 Å². The van der Waals surface area contributed by atoms with E-state index in [-0.39, 0.29) is 5.97 Å². The number of carbonyl (C=O) groups excluding carboxylic acids is 1. The van der Waals surface area contributed by atoms with Crippen LogP contribution in [0.2, 0.25) is 0 Å². The zero-order chi connectivity index (χ0) is 27.8. The number of esters is 1. The summed E-state index contributed by atoms with van der Waals surface area (Å²) in [5.74, 6) is 2.29. The van der Waals surface area contributed by atoms with Crippen molar-refractivity contribution in [1.29, 1.82) is 0 Å². The number of benzene rings is 2. The minimum absolute atomic E-state index is 0.362. The SMILES string of the molecule is CCCCOC(=O)C1=C(C)Nc2nc(SCCC)nn2C1c1cc(Br)c(OCc2ccccc2)c(OCC)c1. The molecule has 4 rings (SSSR count). The predicted octanol–water partition coefficient (Wildman–Crippen LogP) is 7.15. The van der Waals surface area contributed by atoms with Crippen molar-refractivity contribution < 1.29 is 19.0 Å². The lowest BCUT2D eigenvalue weighted by Gasteiger charge is -2.29. The summed E-state index contributed by atoms with van der Waals surface area (Å²) < 4.78 is 20.4. The van der Waals surface area contributed by atoms with Gasteiger partial charge in [0.1, 0.15) is 12.6 Å². The topological polar surface area (TPSA) is 87.5 Å². The normalized spacial score (nSPS) is 14.5. The van der Waals surface area contributed by atoms with Crippen LogP contribution in [0.1, 0.15) is 64.1 Å². The number of anilines is 1. The summed E-state index contributed by atoms with van der Waals surface area (Å²) in [6.45, 7) is 9.20. The Labute approximate surface area is 242 Å². The van der Waals surface area contributed by atoms with Crippen LogP contribution in [-0.2, 0) is 16.1 Å². The van der Waals surface area contributed by atoms with Crippen LogP contribution >= 0.6 is 27.7 Å². The average molecular weight is 616 g/mol. The Morgan fingerprint density at radius 2 is 1.92 bits per heavy atom. The maximum atomic E-state index is 13.4. The number of rotatable bonds is 13. The first kappa shape index (κ1) is 29.0. The van der Waals surface area contributed by atoms with Crippen LogP contribution in [0.3, 0.4) is 0 Å². The van der Waals surface area contributed by atoms with Gasteiger partial charge >= 0.3 is 5.97 Å². The number of nitrogens with one attached hydrogen (secondary N) is 1. The van der Waals surface area contributed by atoms with Crippen molar-refractivity contribution in [2.75, 3.05) is 24.3 Å². The molecule has 2 heterocycles. The van der Waals surface area contributed by atoms with E-state index in [1.54, 1.807) is 16.4 Å². The van der Waals surface area contributed by atoms with Crippen molar-refractivity contribution >= 4 is 39.6 Å². The van der Waals surface area contributed by atoms with E-state index in [4.69, 9.17) is 24.3 Å². The van der Waals surface area contributed by atoms with E-state index in [9.17, 15) is 4.79 Å². The van der Waals surface area contributed by atoms with Crippen molar-refractivity contribution in [2.45, 2.75) is 64.8 Å². The molecule has 1 unspecified atom stereocenters. The Kier molecular flexibility index (Phi) is 10.3. The number of ether oxygens (including phenoxy) is 3. The first-order chi connectivity index (χ1) is 19.0. The third-order valence-electron chi connectivity index (χ3n) is 6.09. The van der Waals surface area contributed by atoms with Gasteiger partial charge in [0.2, 0.25) is 11.1 Å². The number of fused-ring (bicyclic) bond motifs is 1. The molecule has 1 aliphatic heterocycles. The number of thioether (sulfide) groups is 1. The Bertz CT molecular complexity index is 1310. The molecule has 10 heteroatoms. The first-order valence-electron chi connectivity index (χ1n) is 13.3. The minimum Gasteiger partial charge on any atom is -0.490 e. The summed E-state index contributed by atoms with van der Waals surface area (Å²) in [4.78, 5) is 18.1. The lowest BCUT2D eigenvalue weighted by atomic mass is 9.95. The molecule has 0 amide bonds. The molecule has 0 bridgehead atoms. The Hall–Kier alpha value is -2.98. The van der Waals surface area contributed by atoms with Gasteiger partial charge in [0.25, 0.3) is 0 Å².